The van der Waals surface area contributed by atoms with E-state index in [0.717, 1.165) is 66.7 Å². The first-order valence-electron chi connectivity index (χ1n) is 14.3. The second-order valence-corrected chi connectivity index (χ2v) is 10.5. The van der Waals surface area contributed by atoms with Gasteiger partial charge in [0.1, 0.15) is 5.69 Å². The molecule has 0 unspecified atom stereocenters. The highest BCUT2D eigenvalue weighted by Crippen LogP contribution is 2.30. The van der Waals surface area contributed by atoms with E-state index in [0.29, 0.717) is 11.5 Å². The van der Waals surface area contributed by atoms with Gasteiger partial charge in [0.15, 0.2) is 5.82 Å². The lowest BCUT2D eigenvalue weighted by atomic mass is 10.0. The second-order valence-electron chi connectivity index (χ2n) is 10.5. The van der Waals surface area contributed by atoms with Crippen LogP contribution in [0.3, 0.4) is 0 Å². The summed E-state index contributed by atoms with van der Waals surface area (Å²) in [6.45, 7) is 0. The van der Waals surface area contributed by atoms with Crippen molar-refractivity contribution >= 4 is 21.8 Å². The Balaban J connectivity index is 1.15. The first-order valence-corrected chi connectivity index (χ1v) is 14.3. The largest absolute Gasteiger partial charge is 0.264 e. The maximum absolute atomic E-state index is 4.97. The number of aromatic nitrogens is 6. The topological polar surface area (TPSA) is 77.3 Å². The predicted molar refractivity (Wildman–Crippen MR) is 175 cm³/mol. The summed E-state index contributed by atoms with van der Waals surface area (Å²) in [6.07, 6.45) is 7.12. The van der Waals surface area contributed by atoms with Crippen LogP contribution in [-0.2, 0) is 0 Å². The summed E-state index contributed by atoms with van der Waals surface area (Å²) < 4.78 is 0. The van der Waals surface area contributed by atoms with E-state index in [-0.39, 0.29) is 0 Å². The maximum Gasteiger partial charge on any atom is 0.179 e. The zero-order valence-electron chi connectivity index (χ0n) is 23.5. The van der Waals surface area contributed by atoms with Crippen LogP contribution in [0, 0.1) is 0 Å². The fourth-order valence-electron chi connectivity index (χ4n) is 5.39. The van der Waals surface area contributed by atoms with Gasteiger partial charge in [0, 0.05) is 52.3 Å². The molecule has 0 aliphatic rings. The predicted octanol–water partition coefficient (Wildman–Crippen LogP) is 8.70. The van der Waals surface area contributed by atoms with E-state index in [1.54, 1.807) is 24.8 Å². The Kier molecular flexibility index (Phi) is 6.35. The Hall–Kier alpha value is -6.14. The van der Waals surface area contributed by atoms with E-state index in [1.807, 2.05) is 54.6 Å². The van der Waals surface area contributed by atoms with Crippen LogP contribution >= 0.6 is 0 Å². The molecule has 0 saturated heterocycles. The molecule has 5 aromatic heterocycles. The molecule has 3 aromatic carbocycles. The fourth-order valence-corrected chi connectivity index (χ4v) is 5.39. The van der Waals surface area contributed by atoms with Crippen molar-refractivity contribution in [2.75, 3.05) is 0 Å². The van der Waals surface area contributed by atoms with Gasteiger partial charge < -0.3 is 0 Å². The van der Waals surface area contributed by atoms with Crippen LogP contribution in [0.25, 0.3) is 78.2 Å². The summed E-state index contributed by atoms with van der Waals surface area (Å²) in [6, 6.07) is 41.1. The Labute approximate surface area is 253 Å². The van der Waals surface area contributed by atoms with E-state index in [4.69, 9.17) is 19.9 Å². The molecule has 0 aliphatic carbocycles. The smallest absolute Gasteiger partial charge is 0.179 e. The minimum absolute atomic E-state index is 0.549. The average Bonchev–Trinajstić information content (AvgIpc) is 3.11. The quantitative estimate of drug-likeness (QED) is 0.208. The van der Waals surface area contributed by atoms with E-state index in [2.05, 4.69) is 76.7 Å². The highest BCUT2D eigenvalue weighted by Gasteiger charge is 2.13. The van der Waals surface area contributed by atoms with Gasteiger partial charge in [-0.3, -0.25) is 9.97 Å². The summed E-state index contributed by atoms with van der Waals surface area (Å²) in [4.78, 5) is 28.2. The molecule has 206 valence electrons. The highest BCUT2D eigenvalue weighted by molar-refractivity contribution is 5.90. The van der Waals surface area contributed by atoms with Crippen molar-refractivity contribution in [3.63, 3.8) is 0 Å². The van der Waals surface area contributed by atoms with Gasteiger partial charge in [-0.2, -0.15) is 0 Å². The normalized spacial score (nSPS) is 11.2. The maximum atomic E-state index is 4.97. The van der Waals surface area contributed by atoms with Gasteiger partial charge in [-0.05, 0) is 77.9 Å². The minimum Gasteiger partial charge on any atom is -0.264 e. The van der Waals surface area contributed by atoms with E-state index in [1.165, 1.54) is 0 Å². The standard InChI is InChI=1S/C38H24N6/c1-2-6-25(7-3-1)32-16-12-28-20-26(10-14-33(28)41-32)27-11-15-34-29(21-27)13-17-35(42-34)38-43-36(30-8-4-18-39-23-30)22-37(44-38)31-9-5-19-40-24-31/h1-24H. The molecule has 44 heavy (non-hydrogen) atoms. The Morgan fingerprint density at radius 3 is 1.45 bits per heavy atom. The summed E-state index contributed by atoms with van der Waals surface area (Å²) in [7, 11) is 0. The molecule has 0 bridgehead atoms. The third-order valence-electron chi connectivity index (χ3n) is 7.65. The zero-order valence-corrected chi connectivity index (χ0v) is 23.5. The first kappa shape index (κ1) is 25.6. The van der Waals surface area contributed by atoms with Crippen LogP contribution in [0.5, 0.6) is 0 Å². The van der Waals surface area contributed by atoms with E-state index >= 15 is 0 Å². The van der Waals surface area contributed by atoms with Crippen LogP contribution in [0.2, 0.25) is 0 Å². The molecule has 8 rings (SSSR count). The Morgan fingerprint density at radius 1 is 0.341 bits per heavy atom. The monoisotopic (exact) mass is 564 g/mol. The molecule has 0 atom stereocenters. The van der Waals surface area contributed by atoms with Crippen LogP contribution < -0.4 is 0 Å². The summed E-state index contributed by atoms with van der Waals surface area (Å²) in [5.41, 5.74) is 10.3. The number of nitrogens with zero attached hydrogens (tertiary/aromatic N) is 6. The van der Waals surface area contributed by atoms with Gasteiger partial charge in [0.25, 0.3) is 0 Å². The number of fused-ring (bicyclic) bond motifs is 2. The SMILES string of the molecule is c1ccc(-c2ccc3cc(-c4ccc5nc(-c6nc(-c7cccnc7)cc(-c7cccnc7)n6)ccc5c4)ccc3n2)cc1. The lowest BCUT2D eigenvalue weighted by molar-refractivity contribution is 1.15. The number of rotatable bonds is 5. The molecule has 0 radical (unpaired) electrons. The van der Waals surface area contributed by atoms with Gasteiger partial charge in [0.2, 0.25) is 0 Å². The minimum atomic E-state index is 0.549. The van der Waals surface area contributed by atoms with Gasteiger partial charge >= 0.3 is 0 Å². The van der Waals surface area contributed by atoms with Crippen molar-refractivity contribution in [2.24, 2.45) is 0 Å². The van der Waals surface area contributed by atoms with Crippen molar-refractivity contribution in [1.82, 2.24) is 29.9 Å². The molecule has 0 N–H and O–H groups in total. The Bertz CT molecular complexity index is 2210. The summed E-state index contributed by atoms with van der Waals surface area (Å²) >= 11 is 0. The molecule has 5 heterocycles. The molecule has 0 spiro atoms. The number of hydrogen-bond donors (Lipinski definition) is 0. The van der Waals surface area contributed by atoms with Gasteiger partial charge in [0.05, 0.1) is 28.1 Å². The number of hydrogen-bond acceptors (Lipinski definition) is 6. The average molecular weight is 565 g/mol. The van der Waals surface area contributed by atoms with Crippen molar-refractivity contribution < 1.29 is 0 Å². The van der Waals surface area contributed by atoms with E-state index < -0.39 is 0 Å². The molecule has 0 saturated carbocycles. The van der Waals surface area contributed by atoms with E-state index in [9.17, 15) is 0 Å². The Morgan fingerprint density at radius 2 is 0.886 bits per heavy atom. The molecule has 6 nitrogen and oxygen atoms in total. The molecule has 8 aromatic rings. The molecular weight excluding hydrogens is 540 g/mol. The highest BCUT2D eigenvalue weighted by atomic mass is 14.9. The zero-order chi connectivity index (χ0) is 29.3. The molecule has 0 amide bonds. The van der Waals surface area contributed by atoms with Crippen molar-refractivity contribution in [1.29, 1.82) is 0 Å². The van der Waals surface area contributed by atoms with Gasteiger partial charge in [-0.25, -0.2) is 19.9 Å². The molecule has 0 fully saturated rings. The molecule has 0 aliphatic heterocycles. The van der Waals surface area contributed by atoms with Gasteiger partial charge in [-0.15, -0.1) is 0 Å². The summed E-state index contributed by atoms with van der Waals surface area (Å²) in [5, 5.41) is 2.14. The number of benzene rings is 3. The van der Waals surface area contributed by atoms with Gasteiger partial charge in [-0.1, -0.05) is 54.6 Å². The summed E-state index contributed by atoms with van der Waals surface area (Å²) in [5.74, 6) is 0.549. The number of pyridine rings is 4. The van der Waals surface area contributed by atoms with Crippen LogP contribution in [0.4, 0.5) is 0 Å². The second kappa shape index (κ2) is 10.9. The fraction of sp³-hybridized carbons (Fsp3) is 0. The van der Waals surface area contributed by atoms with Crippen LogP contribution in [0.1, 0.15) is 0 Å². The van der Waals surface area contributed by atoms with Crippen molar-refractivity contribution in [3.05, 3.63) is 146 Å². The van der Waals surface area contributed by atoms with Crippen molar-refractivity contribution in [3.8, 4) is 56.4 Å². The lowest BCUT2D eigenvalue weighted by Crippen LogP contribution is -1.98. The third-order valence-corrected chi connectivity index (χ3v) is 7.65. The van der Waals surface area contributed by atoms with Crippen LogP contribution in [-0.4, -0.2) is 29.9 Å². The molecule has 6 heteroatoms. The first-order chi connectivity index (χ1) is 21.8. The van der Waals surface area contributed by atoms with Crippen molar-refractivity contribution in [2.45, 2.75) is 0 Å². The third kappa shape index (κ3) is 4.95. The van der Waals surface area contributed by atoms with Crippen LogP contribution in [0.15, 0.2) is 146 Å². The molecular formula is C38H24N6. The lowest BCUT2D eigenvalue weighted by Gasteiger charge is -2.10.